The Hall–Kier alpha value is -1.84. The highest BCUT2D eigenvalue weighted by molar-refractivity contribution is 5.98. The molecule has 1 N–H and O–H groups in total. The second-order valence-corrected chi connectivity index (χ2v) is 5.75. The lowest BCUT2D eigenvalue weighted by atomic mass is 9.87. The molecule has 1 aliphatic carbocycles. The second kappa shape index (κ2) is 5.03. The van der Waals surface area contributed by atoms with Crippen LogP contribution in [0.15, 0.2) is 24.3 Å². The van der Waals surface area contributed by atoms with E-state index in [0.717, 1.165) is 5.56 Å². The van der Waals surface area contributed by atoms with Crippen LogP contribution >= 0.6 is 0 Å². The van der Waals surface area contributed by atoms with Gasteiger partial charge in [-0.15, -0.1) is 0 Å². The number of Topliss-reactive ketones (excluding diaryl/α,β-unsaturated/α-hetero) is 1. The standard InChI is InChI=1S/C15H19NO3/c1-15(2,3)19-14(18)16-12-8-9-13(17)11-7-5-4-6-10(11)12/h4-7,12H,8-9H2,1-3H3,(H,16,18). The average molecular weight is 261 g/mol. The van der Waals surface area contributed by atoms with E-state index in [-0.39, 0.29) is 11.8 Å². The normalized spacial score (nSPS) is 18.7. The lowest BCUT2D eigenvalue weighted by molar-refractivity contribution is 0.0495. The van der Waals surface area contributed by atoms with Crippen LogP contribution in [0.5, 0.6) is 0 Å². The van der Waals surface area contributed by atoms with Gasteiger partial charge in [0.15, 0.2) is 5.78 Å². The molecule has 0 bridgehead atoms. The summed E-state index contributed by atoms with van der Waals surface area (Å²) < 4.78 is 5.25. The molecule has 0 fully saturated rings. The number of benzene rings is 1. The highest BCUT2D eigenvalue weighted by Gasteiger charge is 2.27. The minimum absolute atomic E-state index is 0.137. The maximum atomic E-state index is 11.8. The lowest BCUT2D eigenvalue weighted by Gasteiger charge is -2.27. The Bertz CT molecular complexity index is 502. The maximum Gasteiger partial charge on any atom is 0.408 e. The molecule has 4 nitrogen and oxygen atoms in total. The zero-order valence-electron chi connectivity index (χ0n) is 11.5. The molecule has 0 aromatic heterocycles. The van der Waals surface area contributed by atoms with E-state index in [1.54, 1.807) is 6.07 Å². The Balaban J connectivity index is 2.13. The molecule has 1 amide bonds. The van der Waals surface area contributed by atoms with Crippen molar-refractivity contribution >= 4 is 11.9 Å². The van der Waals surface area contributed by atoms with Gasteiger partial charge in [-0.2, -0.15) is 0 Å². The molecule has 0 radical (unpaired) electrons. The number of carbonyl (C=O) groups is 2. The largest absolute Gasteiger partial charge is 0.444 e. The molecule has 0 spiro atoms. The summed E-state index contributed by atoms with van der Waals surface area (Å²) in [5, 5.41) is 2.84. The fourth-order valence-corrected chi connectivity index (χ4v) is 2.22. The number of alkyl carbamates (subject to hydrolysis) is 1. The maximum absolute atomic E-state index is 11.8. The predicted molar refractivity (Wildman–Crippen MR) is 72.1 cm³/mol. The molecule has 102 valence electrons. The summed E-state index contributed by atoms with van der Waals surface area (Å²) in [6.45, 7) is 5.47. The van der Waals surface area contributed by atoms with E-state index in [1.807, 2.05) is 39.0 Å². The summed E-state index contributed by atoms with van der Waals surface area (Å²) in [4.78, 5) is 23.6. The Morgan fingerprint density at radius 3 is 2.68 bits per heavy atom. The summed E-state index contributed by atoms with van der Waals surface area (Å²) in [5.41, 5.74) is 1.06. The first-order valence-electron chi connectivity index (χ1n) is 6.48. The zero-order chi connectivity index (χ0) is 14.0. The van der Waals surface area contributed by atoms with E-state index in [9.17, 15) is 9.59 Å². The summed E-state index contributed by atoms with van der Waals surface area (Å²) in [7, 11) is 0. The average Bonchev–Trinajstić information content (AvgIpc) is 2.31. The van der Waals surface area contributed by atoms with Crippen LogP contribution < -0.4 is 5.32 Å². The first-order valence-corrected chi connectivity index (χ1v) is 6.48. The summed E-state index contributed by atoms with van der Waals surface area (Å²) in [5.74, 6) is 0.137. The van der Waals surface area contributed by atoms with Crippen molar-refractivity contribution in [3.8, 4) is 0 Å². The van der Waals surface area contributed by atoms with Crippen molar-refractivity contribution < 1.29 is 14.3 Å². The molecule has 0 heterocycles. The van der Waals surface area contributed by atoms with Crippen LogP contribution in [-0.4, -0.2) is 17.5 Å². The van der Waals surface area contributed by atoms with E-state index in [2.05, 4.69) is 5.32 Å². The van der Waals surface area contributed by atoms with Crippen molar-refractivity contribution in [1.82, 2.24) is 5.32 Å². The molecule has 2 rings (SSSR count). The smallest absolute Gasteiger partial charge is 0.408 e. The number of amides is 1. The molecule has 1 unspecified atom stereocenters. The van der Waals surface area contributed by atoms with Crippen LogP contribution in [-0.2, 0) is 4.74 Å². The van der Waals surface area contributed by atoms with Crippen LogP contribution in [0, 0.1) is 0 Å². The first-order chi connectivity index (χ1) is 8.87. The van der Waals surface area contributed by atoms with Crippen molar-refractivity contribution in [3.05, 3.63) is 35.4 Å². The van der Waals surface area contributed by atoms with Gasteiger partial charge in [0, 0.05) is 12.0 Å². The Labute approximate surface area is 113 Å². The van der Waals surface area contributed by atoms with Gasteiger partial charge in [-0.1, -0.05) is 24.3 Å². The number of hydrogen-bond acceptors (Lipinski definition) is 3. The fourth-order valence-electron chi connectivity index (χ4n) is 2.22. The third kappa shape index (κ3) is 3.34. The molecule has 1 aliphatic rings. The summed E-state index contributed by atoms with van der Waals surface area (Å²) >= 11 is 0. The monoisotopic (exact) mass is 261 g/mol. The quantitative estimate of drug-likeness (QED) is 0.844. The third-order valence-corrected chi connectivity index (χ3v) is 2.99. The van der Waals surface area contributed by atoms with Crippen molar-refractivity contribution in [1.29, 1.82) is 0 Å². The SMILES string of the molecule is CC(C)(C)OC(=O)NC1CCC(=O)c2ccccc21. The van der Waals surface area contributed by atoms with Crippen LogP contribution in [0.3, 0.4) is 0 Å². The Kier molecular flexibility index (Phi) is 3.60. The van der Waals surface area contributed by atoms with Crippen molar-refractivity contribution in [3.63, 3.8) is 0 Å². The number of rotatable bonds is 1. The van der Waals surface area contributed by atoms with Crippen LogP contribution in [0.25, 0.3) is 0 Å². The van der Waals surface area contributed by atoms with E-state index in [0.29, 0.717) is 18.4 Å². The molecule has 0 saturated carbocycles. The van der Waals surface area contributed by atoms with Gasteiger partial charge in [-0.25, -0.2) is 4.79 Å². The van der Waals surface area contributed by atoms with Gasteiger partial charge >= 0.3 is 6.09 Å². The van der Waals surface area contributed by atoms with Gasteiger partial charge in [0.25, 0.3) is 0 Å². The highest BCUT2D eigenvalue weighted by atomic mass is 16.6. The molecule has 1 aromatic rings. The van der Waals surface area contributed by atoms with Gasteiger partial charge in [-0.05, 0) is 32.8 Å². The fraction of sp³-hybridized carbons (Fsp3) is 0.467. The molecule has 19 heavy (non-hydrogen) atoms. The van der Waals surface area contributed by atoms with Gasteiger partial charge < -0.3 is 10.1 Å². The van der Waals surface area contributed by atoms with Gasteiger partial charge in [-0.3, -0.25) is 4.79 Å². The number of ketones is 1. The number of nitrogens with one attached hydrogen (secondary N) is 1. The molecule has 1 atom stereocenters. The van der Waals surface area contributed by atoms with E-state index >= 15 is 0 Å². The van der Waals surface area contributed by atoms with Crippen molar-refractivity contribution in [2.75, 3.05) is 0 Å². The van der Waals surface area contributed by atoms with Crippen molar-refractivity contribution in [2.45, 2.75) is 45.3 Å². The molecule has 4 heteroatoms. The first kappa shape index (κ1) is 13.6. The lowest BCUT2D eigenvalue weighted by Crippen LogP contribution is -2.36. The highest BCUT2D eigenvalue weighted by Crippen LogP contribution is 2.29. The van der Waals surface area contributed by atoms with Gasteiger partial charge in [0.1, 0.15) is 5.60 Å². The van der Waals surface area contributed by atoms with Crippen LogP contribution in [0.4, 0.5) is 4.79 Å². The molecular formula is C15H19NO3. The molecular weight excluding hydrogens is 242 g/mol. The van der Waals surface area contributed by atoms with Gasteiger partial charge in [0.05, 0.1) is 6.04 Å². The third-order valence-electron chi connectivity index (χ3n) is 2.99. The number of fused-ring (bicyclic) bond motifs is 1. The zero-order valence-corrected chi connectivity index (χ0v) is 11.5. The molecule has 0 saturated heterocycles. The van der Waals surface area contributed by atoms with E-state index < -0.39 is 11.7 Å². The molecule has 1 aromatic carbocycles. The number of ether oxygens (including phenoxy) is 1. The predicted octanol–water partition coefficient (Wildman–Crippen LogP) is 3.23. The number of carbonyl (C=O) groups excluding carboxylic acids is 2. The Morgan fingerprint density at radius 1 is 1.32 bits per heavy atom. The number of hydrogen-bond donors (Lipinski definition) is 1. The minimum Gasteiger partial charge on any atom is -0.444 e. The summed E-state index contributed by atoms with van der Waals surface area (Å²) in [6.07, 6.45) is 0.633. The van der Waals surface area contributed by atoms with Crippen LogP contribution in [0.2, 0.25) is 0 Å². The Morgan fingerprint density at radius 2 is 2.00 bits per heavy atom. The second-order valence-electron chi connectivity index (χ2n) is 5.75. The minimum atomic E-state index is -0.520. The van der Waals surface area contributed by atoms with E-state index in [1.165, 1.54) is 0 Å². The van der Waals surface area contributed by atoms with E-state index in [4.69, 9.17) is 4.74 Å². The molecule has 0 aliphatic heterocycles. The van der Waals surface area contributed by atoms with Crippen LogP contribution in [0.1, 0.15) is 55.6 Å². The topological polar surface area (TPSA) is 55.4 Å². The van der Waals surface area contributed by atoms with Crippen molar-refractivity contribution in [2.24, 2.45) is 0 Å². The van der Waals surface area contributed by atoms with Gasteiger partial charge in [0.2, 0.25) is 0 Å². The summed E-state index contributed by atoms with van der Waals surface area (Å²) in [6, 6.07) is 7.26.